The van der Waals surface area contributed by atoms with Crippen LogP contribution >= 0.6 is 0 Å². The number of rotatable bonds is 29. The normalized spacial score (nSPS) is 11.5. The van der Waals surface area contributed by atoms with Gasteiger partial charge in [-0.2, -0.15) is 0 Å². The third-order valence-corrected chi connectivity index (χ3v) is 7.17. The molecule has 0 aliphatic heterocycles. The summed E-state index contributed by atoms with van der Waals surface area (Å²) < 4.78 is 0. The smallest absolute Gasteiger partial charge is 0.220 e. The molecule has 6 heteroatoms. The second-order valence-corrected chi connectivity index (χ2v) is 13.2. The van der Waals surface area contributed by atoms with Gasteiger partial charge in [0, 0.05) is 91.5 Å². The highest BCUT2D eigenvalue weighted by Gasteiger charge is 2.15. The lowest BCUT2D eigenvalue weighted by molar-refractivity contribution is -0.121. The monoisotopic (exact) mass is 600 g/mol. The van der Waals surface area contributed by atoms with E-state index in [0.717, 1.165) is 97.0 Å². The van der Waals surface area contributed by atoms with E-state index in [4.69, 9.17) is 0 Å². The topological polar surface area (TPSA) is 42.1 Å². The second-order valence-electron chi connectivity index (χ2n) is 13.2. The molecule has 0 saturated heterocycles. The Labute approximate surface area is 267 Å². The number of carbonyl (C=O) groups is 1. The Hall–Kier alpha value is -1.99. The fraction of sp³-hybridized carbons (Fsp3) is 0.703. The first-order valence-electron chi connectivity index (χ1n) is 16.7. The maximum absolute atomic E-state index is 12.4. The highest BCUT2D eigenvalue weighted by atomic mass is 16.1. The molecule has 0 aromatic carbocycles. The fourth-order valence-corrected chi connectivity index (χ4v) is 5.29. The summed E-state index contributed by atoms with van der Waals surface area (Å²) >= 11 is 0. The van der Waals surface area contributed by atoms with Gasteiger partial charge in [0.25, 0.3) is 0 Å². The van der Waals surface area contributed by atoms with E-state index < -0.39 is 0 Å². The highest BCUT2D eigenvalue weighted by Crippen LogP contribution is 2.08. The van der Waals surface area contributed by atoms with Gasteiger partial charge in [0.2, 0.25) is 5.91 Å². The molecule has 0 bridgehead atoms. The Bertz CT molecular complexity index is 832. The van der Waals surface area contributed by atoms with Gasteiger partial charge in [-0.1, -0.05) is 99.8 Å². The van der Waals surface area contributed by atoms with Crippen molar-refractivity contribution in [3.63, 3.8) is 0 Å². The standard InChI is InChI=1S/C37H69N5O/c1-12-13-14-15-16-17-18-37(43)38-19-20-39(27-32(2)3)21-22-40(28-33(4)5)23-24-41(29-34(6)7)25-26-42(30-35(8)9)31-36(10)11/h2,4,6,8,10,12-31H2,1,3,5,7,9,11H3,(H,38,43). The van der Waals surface area contributed by atoms with Crippen molar-refractivity contribution in [2.45, 2.75) is 86.5 Å². The molecule has 0 aliphatic rings. The summed E-state index contributed by atoms with van der Waals surface area (Å²) in [5.41, 5.74) is 5.86. The number of nitrogens with one attached hydrogen (secondary N) is 1. The highest BCUT2D eigenvalue weighted by molar-refractivity contribution is 5.75. The third-order valence-electron chi connectivity index (χ3n) is 7.17. The van der Waals surface area contributed by atoms with Crippen LogP contribution in [0.5, 0.6) is 0 Å². The van der Waals surface area contributed by atoms with Crippen LogP contribution in [0.15, 0.2) is 60.8 Å². The lowest BCUT2D eigenvalue weighted by Crippen LogP contribution is -2.44. The van der Waals surface area contributed by atoms with Crippen LogP contribution in [0.3, 0.4) is 0 Å². The van der Waals surface area contributed by atoms with Gasteiger partial charge < -0.3 is 5.32 Å². The van der Waals surface area contributed by atoms with Crippen LogP contribution in [0, 0.1) is 0 Å². The average Bonchev–Trinajstić information content (AvgIpc) is 2.88. The first-order chi connectivity index (χ1) is 20.3. The van der Waals surface area contributed by atoms with E-state index in [0.29, 0.717) is 13.0 Å². The van der Waals surface area contributed by atoms with Crippen LogP contribution in [0.2, 0.25) is 0 Å². The molecule has 0 aromatic rings. The molecule has 0 spiro atoms. The molecule has 0 fully saturated rings. The zero-order valence-electron chi connectivity index (χ0n) is 29.4. The minimum Gasteiger partial charge on any atom is -0.355 e. The van der Waals surface area contributed by atoms with Gasteiger partial charge in [0.15, 0.2) is 0 Å². The Balaban J connectivity index is 4.99. The SMILES string of the molecule is C=C(C)CN(CCNC(=O)CCCCCCCC)CCN(CCN(CCN(CC(=C)C)CC(=C)C)CC(=C)C)CC(=C)C. The van der Waals surface area contributed by atoms with Crippen molar-refractivity contribution >= 4 is 5.91 Å². The predicted molar refractivity (Wildman–Crippen MR) is 191 cm³/mol. The Kier molecular flexibility index (Phi) is 24.2. The minimum absolute atomic E-state index is 0.178. The van der Waals surface area contributed by atoms with Gasteiger partial charge in [0.05, 0.1) is 0 Å². The molecule has 0 atom stereocenters. The van der Waals surface area contributed by atoms with Crippen LogP contribution in [-0.2, 0) is 4.79 Å². The molecule has 0 radical (unpaired) electrons. The molecule has 0 rings (SSSR count). The van der Waals surface area contributed by atoms with E-state index >= 15 is 0 Å². The van der Waals surface area contributed by atoms with Crippen molar-refractivity contribution in [1.82, 2.24) is 24.9 Å². The Morgan fingerprint density at radius 1 is 0.488 bits per heavy atom. The first-order valence-corrected chi connectivity index (χ1v) is 16.7. The van der Waals surface area contributed by atoms with Crippen LogP contribution < -0.4 is 5.32 Å². The Morgan fingerprint density at radius 2 is 0.814 bits per heavy atom. The van der Waals surface area contributed by atoms with Gasteiger partial charge in [-0.25, -0.2) is 0 Å². The van der Waals surface area contributed by atoms with Gasteiger partial charge >= 0.3 is 0 Å². The number of unbranched alkanes of at least 4 members (excludes halogenated alkanes) is 5. The van der Waals surface area contributed by atoms with E-state index in [1.807, 2.05) is 0 Å². The molecule has 1 amide bonds. The summed E-state index contributed by atoms with van der Waals surface area (Å²) in [5, 5.41) is 3.15. The van der Waals surface area contributed by atoms with Crippen molar-refractivity contribution < 1.29 is 4.79 Å². The molecule has 0 aromatic heterocycles. The van der Waals surface area contributed by atoms with Crippen molar-refractivity contribution in [2.24, 2.45) is 0 Å². The Morgan fingerprint density at radius 3 is 1.21 bits per heavy atom. The second kappa shape index (κ2) is 25.3. The summed E-state index contributed by atoms with van der Waals surface area (Å²) in [6.07, 6.45) is 7.85. The molecule has 6 nitrogen and oxygen atoms in total. The molecule has 0 heterocycles. The summed E-state index contributed by atoms with van der Waals surface area (Å²) in [6, 6.07) is 0. The lowest BCUT2D eigenvalue weighted by atomic mass is 10.1. The predicted octanol–water partition coefficient (Wildman–Crippen LogP) is 6.94. The summed E-state index contributed by atoms with van der Waals surface area (Å²) in [4.78, 5) is 22.2. The van der Waals surface area contributed by atoms with E-state index in [2.05, 4.69) is 99.4 Å². The van der Waals surface area contributed by atoms with Crippen LogP contribution in [0.25, 0.3) is 0 Å². The van der Waals surface area contributed by atoms with Gasteiger partial charge in [-0.3, -0.25) is 24.4 Å². The van der Waals surface area contributed by atoms with Crippen molar-refractivity contribution in [3.05, 3.63) is 60.8 Å². The van der Waals surface area contributed by atoms with Crippen molar-refractivity contribution in [3.8, 4) is 0 Å². The number of amides is 1. The molecule has 0 unspecified atom stereocenters. The van der Waals surface area contributed by atoms with E-state index in [-0.39, 0.29) is 5.91 Å². The van der Waals surface area contributed by atoms with Crippen molar-refractivity contribution in [2.75, 3.05) is 85.1 Å². The van der Waals surface area contributed by atoms with E-state index in [1.165, 1.54) is 48.0 Å². The maximum Gasteiger partial charge on any atom is 0.220 e. The molecule has 0 aliphatic carbocycles. The van der Waals surface area contributed by atoms with Crippen molar-refractivity contribution in [1.29, 1.82) is 0 Å². The molecular weight excluding hydrogens is 530 g/mol. The first kappa shape index (κ1) is 41.0. The van der Waals surface area contributed by atoms with Gasteiger partial charge in [0.1, 0.15) is 0 Å². The maximum atomic E-state index is 12.4. The van der Waals surface area contributed by atoms with Crippen LogP contribution in [-0.4, -0.2) is 111 Å². The number of hydrogen-bond donors (Lipinski definition) is 1. The quantitative estimate of drug-likeness (QED) is 0.0745. The van der Waals surface area contributed by atoms with Crippen LogP contribution in [0.1, 0.15) is 86.5 Å². The van der Waals surface area contributed by atoms with E-state index in [9.17, 15) is 4.79 Å². The molecule has 1 N–H and O–H groups in total. The van der Waals surface area contributed by atoms with Crippen LogP contribution in [0.4, 0.5) is 0 Å². The van der Waals surface area contributed by atoms with Gasteiger partial charge in [-0.15, -0.1) is 0 Å². The van der Waals surface area contributed by atoms with E-state index in [1.54, 1.807) is 0 Å². The number of hydrogen-bond acceptors (Lipinski definition) is 5. The summed E-state index contributed by atoms with van der Waals surface area (Å²) in [5.74, 6) is 0.178. The molecular formula is C37H69N5O. The zero-order valence-corrected chi connectivity index (χ0v) is 29.4. The molecule has 248 valence electrons. The number of carbonyl (C=O) groups excluding carboxylic acids is 1. The summed E-state index contributed by atoms with van der Waals surface area (Å²) in [7, 11) is 0. The average molecular weight is 600 g/mol. The third kappa shape index (κ3) is 26.2. The van der Waals surface area contributed by atoms with Gasteiger partial charge in [-0.05, 0) is 41.0 Å². The minimum atomic E-state index is 0.178. The lowest BCUT2D eigenvalue weighted by Gasteiger charge is -2.32. The number of nitrogens with zero attached hydrogens (tertiary/aromatic N) is 4. The summed E-state index contributed by atoms with van der Waals surface area (Å²) in [6.45, 7) is 45.2. The molecule has 0 saturated carbocycles. The molecule has 43 heavy (non-hydrogen) atoms. The zero-order chi connectivity index (χ0) is 32.6. The fourth-order valence-electron chi connectivity index (χ4n) is 5.29. The largest absolute Gasteiger partial charge is 0.355 e.